The van der Waals surface area contributed by atoms with E-state index in [4.69, 9.17) is 23.7 Å². The summed E-state index contributed by atoms with van der Waals surface area (Å²) in [5.41, 5.74) is 2.34. The fourth-order valence-electron chi connectivity index (χ4n) is 2.78. The molecule has 0 aliphatic rings. The maximum Gasteiger partial charge on any atom is 0.342 e. The molecular formula is C29H30O9. The van der Waals surface area contributed by atoms with Crippen molar-refractivity contribution in [2.45, 2.75) is 20.8 Å². The zero-order valence-corrected chi connectivity index (χ0v) is 21.7. The van der Waals surface area contributed by atoms with E-state index in [0.29, 0.717) is 11.3 Å². The van der Waals surface area contributed by atoms with Crippen LogP contribution in [-0.2, 0) is 28.6 Å². The van der Waals surface area contributed by atoms with Crippen LogP contribution in [0.1, 0.15) is 31.1 Å². The first-order chi connectivity index (χ1) is 18.0. The van der Waals surface area contributed by atoms with Crippen LogP contribution in [0.2, 0.25) is 0 Å². The molecule has 9 heteroatoms. The summed E-state index contributed by atoms with van der Waals surface area (Å²) in [7, 11) is 0. The summed E-state index contributed by atoms with van der Waals surface area (Å²) in [4.78, 5) is 47.5. The third-order valence-electron chi connectivity index (χ3n) is 4.77. The van der Waals surface area contributed by atoms with E-state index in [-0.39, 0.29) is 54.5 Å². The van der Waals surface area contributed by atoms with Crippen LogP contribution in [0.25, 0.3) is 11.1 Å². The number of hydrogen-bond acceptors (Lipinski definition) is 9. The third-order valence-corrected chi connectivity index (χ3v) is 4.77. The number of carbonyl (C=O) groups excluding carboxylic acids is 4. The Kier molecular flexibility index (Phi) is 11.0. The Balaban J connectivity index is 2.18. The van der Waals surface area contributed by atoms with Crippen molar-refractivity contribution in [3.05, 3.63) is 84.5 Å². The monoisotopic (exact) mass is 522 g/mol. The first kappa shape index (κ1) is 29.6. The van der Waals surface area contributed by atoms with Crippen molar-refractivity contribution in [3.63, 3.8) is 0 Å². The van der Waals surface area contributed by atoms with Gasteiger partial charge in [0.05, 0.1) is 0 Å². The minimum atomic E-state index is -0.695. The van der Waals surface area contributed by atoms with Gasteiger partial charge in [-0.05, 0) is 56.2 Å². The van der Waals surface area contributed by atoms with Gasteiger partial charge in [0.15, 0.2) is 0 Å². The van der Waals surface area contributed by atoms with Crippen molar-refractivity contribution in [1.82, 2.24) is 0 Å². The molecule has 0 saturated carbocycles. The van der Waals surface area contributed by atoms with E-state index in [1.807, 2.05) is 0 Å². The minimum Gasteiger partial charge on any atom is -0.489 e. The molecule has 0 N–H and O–H groups in total. The molecule has 0 aromatic heterocycles. The molecule has 0 aliphatic carbocycles. The SMILES string of the molecule is C=C(C)C(=O)OCCOC(=O)c1ccc(-c2ccc(OC(=O)C(=C)C)cc2)cc1OCCOC(=O)C(=C)C. The second kappa shape index (κ2) is 14.2. The van der Waals surface area contributed by atoms with Crippen LogP contribution in [0.4, 0.5) is 0 Å². The van der Waals surface area contributed by atoms with Gasteiger partial charge in [0.25, 0.3) is 0 Å². The first-order valence-electron chi connectivity index (χ1n) is 11.6. The summed E-state index contributed by atoms with van der Waals surface area (Å²) in [5, 5.41) is 0. The zero-order chi connectivity index (χ0) is 28.2. The maximum atomic E-state index is 12.7. The number of rotatable bonds is 13. The quantitative estimate of drug-likeness (QED) is 0.122. The molecule has 2 aromatic carbocycles. The van der Waals surface area contributed by atoms with E-state index < -0.39 is 23.9 Å². The van der Waals surface area contributed by atoms with Crippen molar-refractivity contribution in [2.75, 3.05) is 26.4 Å². The predicted octanol–water partition coefficient (Wildman–Crippen LogP) is 4.61. The molecule has 2 rings (SSSR count). The topological polar surface area (TPSA) is 114 Å². The highest BCUT2D eigenvalue weighted by atomic mass is 16.6. The molecule has 0 amide bonds. The Morgan fingerprint density at radius 1 is 0.632 bits per heavy atom. The summed E-state index contributed by atoms with van der Waals surface area (Å²) < 4.78 is 26.1. The van der Waals surface area contributed by atoms with Gasteiger partial charge < -0.3 is 23.7 Å². The van der Waals surface area contributed by atoms with Gasteiger partial charge in [0.2, 0.25) is 0 Å². The lowest BCUT2D eigenvalue weighted by Gasteiger charge is -2.14. The molecule has 0 heterocycles. The van der Waals surface area contributed by atoms with Crippen LogP contribution in [0, 0.1) is 0 Å². The molecule has 9 nitrogen and oxygen atoms in total. The summed E-state index contributed by atoms with van der Waals surface area (Å²) in [6, 6.07) is 11.6. The lowest BCUT2D eigenvalue weighted by atomic mass is 10.0. The predicted molar refractivity (Wildman–Crippen MR) is 140 cm³/mol. The number of hydrogen-bond donors (Lipinski definition) is 0. The molecule has 0 saturated heterocycles. The van der Waals surface area contributed by atoms with Crippen LogP contribution in [0.15, 0.2) is 78.9 Å². The van der Waals surface area contributed by atoms with E-state index >= 15 is 0 Å². The molecule has 38 heavy (non-hydrogen) atoms. The minimum absolute atomic E-state index is 0.0330. The highest BCUT2D eigenvalue weighted by Gasteiger charge is 2.17. The maximum absolute atomic E-state index is 12.7. The van der Waals surface area contributed by atoms with Crippen LogP contribution in [0.3, 0.4) is 0 Å². The number of carbonyl (C=O) groups is 4. The highest BCUT2D eigenvalue weighted by molar-refractivity contribution is 5.93. The van der Waals surface area contributed by atoms with Crippen LogP contribution in [0.5, 0.6) is 11.5 Å². The van der Waals surface area contributed by atoms with Gasteiger partial charge in [0, 0.05) is 16.7 Å². The smallest absolute Gasteiger partial charge is 0.342 e. The Morgan fingerprint density at radius 3 is 1.68 bits per heavy atom. The molecule has 0 radical (unpaired) electrons. The molecule has 200 valence electrons. The summed E-state index contributed by atoms with van der Waals surface area (Å²) >= 11 is 0. The summed E-state index contributed by atoms with van der Waals surface area (Å²) in [5.74, 6) is -1.82. The molecule has 0 fully saturated rings. The second-order valence-electron chi connectivity index (χ2n) is 8.22. The number of benzene rings is 2. The molecule has 0 unspecified atom stereocenters. The van der Waals surface area contributed by atoms with Crippen molar-refractivity contribution in [2.24, 2.45) is 0 Å². The van der Waals surface area contributed by atoms with Gasteiger partial charge in [-0.3, -0.25) is 0 Å². The van der Waals surface area contributed by atoms with Crippen LogP contribution in [-0.4, -0.2) is 50.3 Å². The number of esters is 4. The normalized spacial score (nSPS) is 10.1. The van der Waals surface area contributed by atoms with Crippen molar-refractivity contribution >= 4 is 23.9 Å². The second-order valence-corrected chi connectivity index (χ2v) is 8.22. The van der Waals surface area contributed by atoms with E-state index in [2.05, 4.69) is 19.7 Å². The average molecular weight is 523 g/mol. The molecule has 0 atom stereocenters. The number of ether oxygens (including phenoxy) is 5. The summed E-state index contributed by atoms with van der Waals surface area (Å²) in [6.45, 7) is 14.7. The Hall–Kier alpha value is -4.66. The molecule has 0 bridgehead atoms. The zero-order valence-electron chi connectivity index (χ0n) is 21.7. The average Bonchev–Trinajstić information content (AvgIpc) is 2.88. The van der Waals surface area contributed by atoms with E-state index in [1.54, 1.807) is 43.3 Å². The van der Waals surface area contributed by atoms with Gasteiger partial charge in [-0.25, -0.2) is 19.2 Å². The molecule has 0 aliphatic heterocycles. The standard InChI is InChI=1S/C29H30O9/c1-18(2)26(30)35-14-13-34-25-17-22(21-7-10-23(11-8-21)38-28(32)20(5)6)9-12-24(25)29(33)37-16-15-36-27(31)19(3)4/h7-12,17H,1,3,5,13-16H2,2,4,6H3. The Labute approximate surface area is 221 Å². The lowest BCUT2D eigenvalue weighted by Crippen LogP contribution is -2.16. The molecular weight excluding hydrogens is 492 g/mol. The lowest BCUT2D eigenvalue weighted by molar-refractivity contribution is -0.140. The van der Waals surface area contributed by atoms with E-state index in [1.165, 1.54) is 19.9 Å². The highest BCUT2D eigenvalue weighted by Crippen LogP contribution is 2.29. The van der Waals surface area contributed by atoms with Crippen LogP contribution < -0.4 is 9.47 Å². The van der Waals surface area contributed by atoms with Crippen molar-refractivity contribution in [3.8, 4) is 22.6 Å². The van der Waals surface area contributed by atoms with E-state index in [0.717, 1.165) is 5.56 Å². The Morgan fingerprint density at radius 2 is 1.13 bits per heavy atom. The third kappa shape index (κ3) is 9.09. The fourth-order valence-corrected chi connectivity index (χ4v) is 2.78. The van der Waals surface area contributed by atoms with Gasteiger partial charge in [-0.15, -0.1) is 0 Å². The fraction of sp³-hybridized carbons (Fsp3) is 0.241. The van der Waals surface area contributed by atoms with Crippen molar-refractivity contribution in [1.29, 1.82) is 0 Å². The van der Waals surface area contributed by atoms with Gasteiger partial charge in [-0.2, -0.15) is 0 Å². The Bertz CT molecular complexity index is 1240. The van der Waals surface area contributed by atoms with E-state index in [9.17, 15) is 19.2 Å². The van der Waals surface area contributed by atoms with Crippen molar-refractivity contribution < 1.29 is 42.9 Å². The largest absolute Gasteiger partial charge is 0.489 e. The van der Waals surface area contributed by atoms with Gasteiger partial charge in [0.1, 0.15) is 43.5 Å². The van der Waals surface area contributed by atoms with Gasteiger partial charge >= 0.3 is 23.9 Å². The molecule has 0 spiro atoms. The summed E-state index contributed by atoms with van der Waals surface area (Å²) in [6.07, 6.45) is 0. The first-order valence-corrected chi connectivity index (χ1v) is 11.6. The van der Waals surface area contributed by atoms with Gasteiger partial charge in [-0.1, -0.05) is 37.9 Å². The molecule has 2 aromatic rings. The van der Waals surface area contributed by atoms with Crippen LogP contribution >= 0.6 is 0 Å².